The minimum Gasteiger partial charge on any atom is -0.493 e. The lowest BCUT2D eigenvalue weighted by Gasteiger charge is -2.32. The summed E-state index contributed by atoms with van der Waals surface area (Å²) in [7, 11) is 0. The smallest absolute Gasteiger partial charge is 0.275 e. The SMILES string of the molecule is NCCCOc1ccc2c(c1)n1cccc1c(=O)n2CCCN1CCC(c2ccc(Cl)cc2)CC1. The van der Waals surface area contributed by atoms with E-state index < -0.39 is 0 Å². The van der Waals surface area contributed by atoms with E-state index in [2.05, 4.69) is 17.0 Å². The normalized spacial score (nSPS) is 15.3. The highest BCUT2D eigenvalue weighted by Crippen LogP contribution is 2.29. The van der Waals surface area contributed by atoms with E-state index in [1.165, 1.54) is 5.56 Å². The molecule has 2 aromatic carbocycles. The maximum Gasteiger partial charge on any atom is 0.275 e. The van der Waals surface area contributed by atoms with Gasteiger partial charge >= 0.3 is 0 Å². The highest BCUT2D eigenvalue weighted by Gasteiger charge is 2.20. The Bertz CT molecular complexity index is 1340. The molecule has 184 valence electrons. The lowest BCUT2D eigenvalue weighted by molar-refractivity contribution is 0.207. The van der Waals surface area contributed by atoms with Gasteiger partial charge in [0.1, 0.15) is 11.3 Å². The molecule has 0 unspecified atom stereocenters. The number of aromatic nitrogens is 2. The van der Waals surface area contributed by atoms with Crippen LogP contribution in [0.15, 0.2) is 65.6 Å². The summed E-state index contributed by atoms with van der Waals surface area (Å²) < 4.78 is 9.75. The summed E-state index contributed by atoms with van der Waals surface area (Å²) in [6, 6.07) is 18.1. The molecule has 3 heterocycles. The third-order valence-corrected chi connectivity index (χ3v) is 7.36. The van der Waals surface area contributed by atoms with Crippen molar-refractivity contribution < 1.29 is 4.74 Å². The van der Waals surface area contributed by atoms with Crippen LogP contribution in [0.2, 0.25) is 5.02 Å². The van der Waals surface area contributed by atoms with E-state index in [4.69, 9.17) is 22.1 Å². The largest absolute Gasteiger partial charge is 0.493 e. The van der Waals surface area contributed by atoms with Crippen LogP contribution in [0, 0.1) is 0 Å². The highest BCUT2D eigenvalue weighted by atomic mass is 35.5. The Hall–Kier alpha value is -2.80. The molecule has 2 N–H and O–H groups in total. The number of hydrogen-bond acceptors (Lipinski definition) is 4. The summed E-state index contributed by atoms with van der Waals surface area (Å²) in [5.74, 6) is 1.41. The van der Waals surface area contributed by atoms with Crippen LogP contribution >= 0.6 is 11.6 Å². The van der Waals surface area contributed by atoms with Gasteiger partial charge in [-0.05, 0) is 99.7 Å². The van der Waals surface area contributed by atoms with Crippen LogP contribution in [-0.4, -0.2) is 46.7 Å². The lowest BCUT2D eigenvalue weighted by atomic mass is 9.89. The van der Waals surface area contributed by atoms with Crippen LogP contribution in [0.1, 0.15) is 37.2 Å². The second-order valence-corrected chi connectivity index (χ2v) is 9.82. The molecule has 2 aromatic heterocycles. The Morgan fingerprint density at radius 1 is 0.943 bits per heavy atom. The van der Waals surface area contributed by atoms with Crippen LogP contribution in [0.5, 0.6) is 5.75 Å². The summed E-state index contributed by atoms with van der Waals surface area (Å²) in [5.41, 5.74) is 9.65. The van der Waals surface area contributed by atoms with Crippen molar-refractivity contribution in [2.24, 2.45) is 5.73 Å². The molecule has 7 heteroatoms. The number of piperidine rings is 1. The fourth-order valence-corrected chi connectivity index (χ4v) is 5.33. The van der Waals surface area contributed by atoms with E-state index in [9.17, 15) is 4.79 Å². The van der Waals surface area contributed by atoms with Gasteiger partial charge in [-0.2, -0.15) is 0 Å². The zero-order valence-electron chi connectivity index (χ0n) is 20.0. The van der Waals surface area contributed by atoms with Gasteiger partial charge in [-0.1, -0.05) is 23.7 Å². The first kappa shape index (κ1) is 23.9. The van der Waals surface area contributed by atoms with Gasteiger partial charge in [0.15, 0.2) is 0 Å². The fraction of sp³-hybridized carbons (Fsp3) is 0.393. The first-order valence-corrected chi connectivity index (χ1v) is 13.0. The van der Waals surface area contributed by atoms with Crippen molar-refractivity contribution in [3.05, 3.63) is 81.7 Å². The molecule has 0 spiro atoms. The molecule has 0 amide bonds. The van der Waals surface area contributed by atoms with Gasteiger partial charge in [-0.25, -0.2) is 0 Å². The van der Waals surface area contributed by atoms with Gasteiger partial charge in [0.25, 0.3) is 5.56 Å². The standard InChI is InChI=1S/C28H33ClN4O2/c29-23-7-5-21(6-8-23)22-11-17-31(18-12-22)14-3-16-33-25-10-9-24(35-19-2-13-30)20-27(25)32-15-1-4-26(32)28(33)34/h1,4-10,15,20,22H,2-3,11-14,16-19,30H2. The third-order valence-electron chi connectivity index (χ3n) is 7.11. The van der Waals surface area contributed by atoms with Gasteiger partial charge < -0.3 is 24.3 Å². The number of hydrogen-bond donors (Lipinski definition) is 1. The van der Waals surface area contributed by atoms with Gasteiger partial charge in [-0.3, -0.25) is 4.79 Å². The molecule has 0 bridgehead atoms. The number of rotatable bonds is 9. The van der Waals surface area contributed by atoms with E-state index >= 15 is 0 Å². The molecule has 0 atom stereocenters. The molecule has 1 saturated heterocycles. The second-order valence-electron chi connectivity index (χ2n) is 9.38. The Morgan fingerprint density at radius 3 is 2.51 bits per heavy atom. The molecule has 0 aliphatic carbocycles. The zero-order chi connectivity index (χ0) is 24.2. The Kier molecular flexibility index (Phi) is 7.42. The summed E-state index contributed by atoms with van der Waals surface area (Å²) in [5, 5.41) is 0.794. The predicted octanol–water partition coefficient (Wildman–Crippen LogP) is 4.90. The average molecular weight is 493 g/mol. The number of likely N-dealkylation sites (tertiary alicyclic amines) is 1. The quantitative estimate of drug-likeness (QED) is 0.337. The van der Waals surface area contributed by atoms with Crippen molar-refractivity contribution in [1.29, 1.82) is 0 Å². The average Bonchev–Trinajstić information content (AvgIpc) is 3.38. The summed E-state index contributed by atoms with van der Waals surface area (Å²) in [6.45, 7) is 5.06. The van der Waals surface area contributed by atoms with Gasteiger partial charge in [-0.15, -0.1) is 0 Å². The van der Waals surface area contributed by atoms with Gasteiger partial charge in [0, 0.05) is 23.8 Å². The number of ether oxygens (including phenoxy) is 1. The number of nitrogens with two attached hydrogens (primary N) is 1. The molecule has 5 rings (SSSR count). The topological polar surface area (TPSA) is 64.9 Å². The van der Waals surface area contributed by atoms with Crippen LogP contribution in [-0.2, 0) is 6.54 Å². The van der Waals surface area contributed by atoms with E-state index in [1.54, 1.807) is 0 Å². The fourth-order valence-electron chi connectivity index (χ4n) is 5.20. The summed E-state index contributed by atoms with van der Waals surface area (Å²) in [6.07, 6.45) is 6.01. The number of aryl methyl sites for hydroxylation is 1. The Morgan fingerprint density at radius 2 is 1.74 bits per heavy atom. The Balaban J connectivity index is 1.26. The monoisotopic (exact) mass is 492 g/mol. The molecule has 6 nitrogen and oxygen atoms in total. The molecule has 0 saturated carbocycles. The van der Waals surface area contributed by atoms with E-state index in [0.717, 1.165) is 67.1 Å². The number of benzene rings is 2. The van der Waals surface area contributed by atoms with Crippen molar-refractivity contribution in [3.63, 3.8) is 0 Å². The van der Waals surface area contributed by atoms with Crippen LogP contribution in [0.4, 0.5) is 0 Å². The van der Waals surface area contributed by atoms with Gasteiger partial charge in [0.05, 0.1) is 17.6 Å². The molecule has 1 fully saturated rings. The molecular weight excluding hydrogens is 460 g/mol. The Labute approximate surface area is 210 Å². The lowest BCUT2D eigenvalue weighted by Crippen LogP contribution is -2.34. The predicted molar refractivity (Wildman–Crippen MR) is 143 cm³/mol. The number of nitrogens with zero attached hydrogens (tertiary/aromatic N) is 3. The van der Waals surface area contributed by atoms with Gasteiger partial charge in [0.2, 0.25) is 0 Å². The van der Waals surface area contributed by atoms with Crippen molar-refractivity contribution in [2.45, 2.75) is 38.1 Å². The number of halogens is 1. The van der Waals surface area contributed by atoms with Crippen molar-refractivity contribution in [2.75, 3.05) is 32.8 Å². The summed E-state index contributed by atoms with van der Waals surface area (Å²) >= 11 is 6.04. The highest BCUT2D eigenvalue weighted by molar-refractivity contribution is 6.30. The first-order chi connectivity index (χ1) is 17.1. The second kappa shape index (κ2) is 10.9. The van der Waals surface area contributed by atoms with E-state index in [1.807, 2.05) is 57.6 Å². The molecule has 1 aliphatic heterocycles. The maximum atomic E-state index is 13.3. The van der Waals surface area contributed by atoms with Crippen LogP contribution in [0.25, 0.3) is 16.6 Å². The molecule has 35 heavy (non-hydrogen) atoms. The van der Waals surface area contributed by atoms with Crippen molar-refractivity contribution in [3.8, 4) is 5.75 Å². The zero-order valence-corrected chi connectivity index (χ0v) is 20.8. The third kappa shape index (κ3) is 5.25. The molecule has 4 aromatic rings. The van der Waals surface area contributed by atoms with E-state index in [-0.39, 0.29) is 5.56 Å². The van der Waals surface area contributed by atoms with Crippen LogP contribution in [0.3, 0.4) is 0 Å². The molecule has 0 radical (unpaired) electrons. The number of fused-ring (bicyclic) bond motifs is 3. The van der Waals surface area contributed by atoms with E-state index in [0.29, 0.717) is 31.1 Å². The first-order valence-electron chi connectivity index (χ1n) is 12.6. The minimum absolute atomic E-state index is 0.0562. The molecule has 1 aliphatic rings. The molecular formula is C28H33ClN4O2. The van der Waals surface area contributed by atoms with Crippen molar-refractivity contribution >= 4 is 28.2 Å². The maximum absolute atomic E-state index is 13.3. The minimum atomic E-state index is 0.0562. The van der Waals surface area contributed by atoms with Crippen molar-refractivity contribution in [1.82, 2.24) is 13.9 Å². The summed E-state index contributed by atoms with van der Waals surface area (Å²) in [4.78, 5) is 15.8. The van der Waals surface area contributed by atoms with Crippen LogP contribution < -0.4 is 16.0 Å².